The lowest BCUT2D eigenvalue weighted by atomic mass is 10.1. The molecule has 0 aliphatic heterocycles. The van der Waals surface area contributed by atoms with Gasteiger partial charge in [0, 0.05) is 24.2 Å². The highest BCUT2D eigenvalue weighted by atomic mass is 16.6. The van der Waals surface area contributed by atoms with E-state index in [0.717, 1.165) is 12.1 Å². The van der Waals surface area contributed by atoms with Gasteiger partial charge in [-0.25, -0.2) is 0 Å². The molecule has 1 atom stereocenters. The third kappa shape index (κ3) is 4.33. The number of hydrogen-bond acceptors (Lipinski definition) is 4. The molecule has 6 heteroatoms. The van der Waals surface area contributed by atoms with Crippen LogP contribution in [0.5, 0.6) is 0 Å². The van der Waals surface area contributed by atoms with E-state index in [0.29, 0.717) is 18.0 Å². The van der Waals surface area contributed by atoms with Gasteiger partial charge >= 0.3 is 0 Å². The molecule has 0 spiro atoms. The number of nitro benzene ring substituents is 1. The molecule has 1 amide bonds. The van der Waals surface area contributed by atoms with Gasteiger partial charge < -0.3 is 10.6 Å². The molecule has 0 saturated heterocycles. The standard InChI is InChI=1S/C13H19N3O3/c1-9(7-14-3)8-15-13(17)12-6-11(16(18)19)5-4-10(12)2/h4-6,9,14H,7-8H2,1-3H3,(H,15,17). The molecule has 6 nitrogen and oxygen atoms in total. The smallest absolute Gasteiger partial charge is 0.270 e. The number of amides is 1. The first kappa shape index (κ1) is 15.1. The van der Waals surface area contributed by atoms with E-state index in [1.165, 1.54) is 12.1 Å². The maximum Gasteiger partial charge on any atom is 0.270 e. The summed E-state index contributed by atoms with van der Waals surface area (Å²) in [6.07, 6.45) is 0. The molecule has 0 radical (unpaired) electrons. The molecule has 1 aromatic rings. The van der Waals surface area contributed by atoms with E-state index >= 15 is 0 Å². The number of aryl methyl sites for hydroxylation is 1. The summed E-state index contributed by atoms with van der Waals surface area (Å²) in [6, 6.07) is 4.30. The summed E-state index contributed by atoms with van der Waals surface area (Å²) in [5.41, 5.74) is 1.01. The largest absolute Gasteiger partial charge is 0.352 e. The number of nitrogens with zero attached hydrogens (tertiary/aromatic N) is 1. The van der Waals surface area contributed by atoms with Crippen molar-refractivity contribution in [2.45, 2.75) is 13.8 Å². The summed E-state index contributed by atoms with van der Waals surface area (Å²) >= 11 is 0. The Morgan fingerprint density at radius 1 is 1.42 bits per heavy atom. The highest BCUT2D eigenvalue weighted by Gasteiger charge is 2.14. The molecule has 104 valence electrons. The summed E-state index contributed by atoms with van der Waals surface area (Å²) in [6.45, 7) is 5.10. The predicted molar refractivity (Wildman–Crippen MR) is 73.3 cm³/mol. The normalized spacial score (nSPS) is 11.9. The van der Waals surface area contributed by atoms with Crippen LogP contribution in [-0.2, 0) is 0 Å². The molecular weight excluding hydrogens is 246 g/mol. The summed E-state index contributed by atoms with van der Waals surface area (Å²) in [5.74, 6) is 0.0251. The first-order valence-corrected chi connectivity index (χ1v) is 6.13. The summed E-state index contributed by atoms with van der Waals surface area (Å²) in [4.78, 5) is 22.2. The Balaban J connectivity index is 2.76. The van der Waals surface area contributed by atoms with Gasteiger partial charge in [-0.1, -0.05) is 13.0 Å². The fraction of sp³-hybridized carbons (Fsp3) is 0.462. The van der Waals surface area contributed by atoms with Crippen LogP contribution in [0.15, 0.2) is 18.2 Å². The van der Waals surface area contributed by atoms with Crippen molar-refractivity contribution in [2.75, 3.05) is 20.1 Å². The second-order valence-electron chi connectivity index (χ2n) is 4.63. The molecule has 0 bridgehead atoms. The van der Waals surface area contributed by atoms with Crippen LogP contribution in [-0.4, -0.2) is 31.0 Å². The second kappa shape index (κ2) is 6.84. The van der Waals surface area contributed by atoms with E-state index < -0.39 is 4.92 Å². The van der Waals surface area contributed by atoms with Gasteiger partial charge in [-0.2, -0.15) is 0 Å². The molecule has 0 aliphatic carbocycles. The van der Waals surface area contributed by atoms with Crippen LogP contribution < -0.4 is 10.6 Å². The molecule has 0 aliphatic rings. The van der Waals surface area contributed by atoms with Crippen molar-refractivity contribution in [1.82, 2.24) is 10.6 Å². The zero-order valence-corrected chi connectivity index (χ0v) is 11.4. The average Bonchev–Trinajstić information content (AvgIpc) is 2.36. The molecule has 1 rings (SSSR count). The fourth-order valence-electron chi connectivity index (χ4n) is 1.75. The van der Waals surface area contributed by atoms with Gasteiger partial charge in [0.1, 0.15) is 0 Å². The zero-order valence-electron chi connectivity index (χ0n) is 11.4. The number of benzene rings is 1. The second-order valence-corrected chi connectivity index (χ2v) is 4.63. The van der Waals surface area contributed by atoms with Crippen LogP contribution in [0.2, 0.25) is 0 Å². The zero-order chi connectivity index (χ0) is 14.4. The molecule has 0 saturated carbocycles. The Bertz CT molecular complexity index is 474. The number of carbonyl (C=O) groups excluding carboxylic acids is 1. The molecule has 1 unspecified atom stereocenters. The number of nitro groups is 1. The van der Waals surface area contributed by atoms with Gasteiger partial charge in [-0.3, -0.25) is 14.9 Å². The van der Waals surface area contributed by atoms with Crippen molar-refractivity contribution in [3.05, 3.63) is 39.4 Å². The Morgan fingerprint density at radius 2 is 2.11 bits per heavy atom. The molecule has 2 N–H and O–H groups in total. The monoisotopic (exact) mass is 265 g/mol. The fourth-order valence-corrected chi connectivity index (χ4v) is 1.75. The van der Waals surface area contributed by atoms with Crippen LogP contribution in [0.25, 0.3) is 0 Å². The Labute approximate surface area is 112 Å². The van der Waals surface area contributed by atoms with Crippen molar-refractivity contribution in [1.29, 1.82) is 0 Å². The number of rotatable bonds is 6. The minimum Gasteiger partial charge on any atom is -0.352 e. The lowest BCUT2D eigenvalue weighted by Crippen LogP contribution is -2.32. The summed E-state index contributed by atoms with van der Waals surface area (Å²) in [7, 11) is 1.85. The number of carbonyl (C=O) groups is 1. The lowest BCUT2D eigenvalue weighted by molar-refractivity contribution is -0.384. The predicted octanol–water partition coefficient (Wildman–Crippen LogP) is 1.49. The third-order valence-corrected chi connectivity index (χ3v) is 2.84. The third-order valence-electron chi connectivity index (χ3n) is 2.84. The first-order chi connectivity index (χ1) is 8.95. The number of non-ortho nitro benzene ring substituents is 1. The summed E-state index contributed by atoms with van der Waals surface area (Å²) < 4.78 is 0. The van der Waals surface area contributed by atoms with Crippen molar-refractivity contribution >= 4 is 11.6 Å². The van der Waals surface area contributed by atoms with Gasteiger partial charge in [0.2, 0.25) is 0 Å². The maximum atomic E-state index is 12.0. The Kier molecular flexibility index (Phi) is 5.44. The van der Waals surface area contributed by atoms with Gasteiger partial charge in [0.15, 0.2) is 0 Å². The van der Waals surface area contributed by atoms with E-state index in [9.17, 15) is 14.9 Å². The van der Waals surface area contributed by atoms with Crippen LogP contribution in [0.4, 0.5) is 5.69 Å². The maximum absolute atomic E-state index is 12.0. The number of hydrogen-bond donors (Lipinski definition) is 2. The average molecular weight is 265 g/mol. The minimum absolute atomic E-state index is 0.0703. The topological polar surface area (TPSA) is 84.3 Å². The lowest BCUT2D eigenvalue weighted by Gasteiger charge is -2.12. The Hall–Kier alpha value is -1.95. The van der Waals surface area contributed by atoms with Crippen molar-refractivity contribution in [2.24, 2.45) is 5.92 Å². The minimum atomic E-state index is -0.500. The van der Waals surface area contributed by atoms with Gasteiger partial charge in [-0.15, -0.1) is 0 Å². The van der Waals surface area contributed by atoms with Gasteiger partial charge in [0.25, 0.3) is 11.6 Å². The van der Waals surface area contributed by atoms with E-state index in [2.05, 4.69) is 10.6 Å². The van der Waals surface area contributed by atoms with Gasteiger partial charge in [0.05, 0.1) is 4.92 Å². The molecule has 0 heterocycles. The quantitative estimate of drug-likeness (QED) is 0.603. The highest BCUT2D eigenvalue weighted by molar-refractivity contribution is 5.96. The molecular formula is C13H19N3O3. The van der Waals surface area contributed by atoms with E-state index in [1.54, 1.807) is 13.0 Å². The van der Waals surface area contributed by atoms with E-state index in [-0.39, 0.29) is 11.6 Å². The van der Waals surface area contributed by atoms with Crippen molar-refractivity contribution in [3.8, 4) is 0 Å². The highest BCUT2D eigenvalue weighted by Crippen LogP contribution is 2.17. The first-order valence-electron chi connectivity index (χ1n) is 6.13. The summed E-state index contributed by atoms with van der Waals surface area (Å²) in [5, 5.41) is 16.5. The molecule has 0 fully saturated rings. The Morgan fingerprint density at radius 3 is 2.68 bits per heavy atom. The van der Waals surface area contributed by atoms with Crippen LogP contribution >= 0.6 is 0 Å². The number of nitrogens with one attached hydrogen (secondary N) is 2. The van der Waals surface area contributed by atoms with Gasteiger partial charge in [-0.05, 0) is 32.0 Å². The van der Waals surface area contributed by atoms with Crippen molar-refractivity contribution in [3.63, 3.8) is 0 Å². The SMILES string of the molecule is CNCC(C)CNC(=O)c1cc([N+](=O)[O-])ccc1C. The van der Waals surface area contributed by atoms with Crippen LogP contribution in [0.1, 0.15) is 22.8 Å². The molecule has 19 heavy (non-hydrogen) atoms. The van der Waals surface area contributed by atoms with Crippen LogP contribution in [0.3, 0.4) is 0 Å². The molecule has 0 aromatic heterocycles. The van der Waals surface area contributed by atoms with E-state index in [1.807, 2.05) is 14.0 Å². The van der Waals surface area contributed by atoms with Crippen molar-refractivity contribution < 1.29 is 9.72 Å². The van der Waals surface area contributed by atoms with E-state index in [4.69, 9.17) is 0 Å². The van der Waals surface area contributed by atoms with Crippen LogP contribution in [0, 0.1) is 23.0 Å². The molecule has 1 aromatic carbocycles.